The van der Waals surface area contributed by atoms with Crippen LogP contribution in [-0.4, -0.2) is 11.5 Å². The molecule has 0 spiro atoms. The quantitative estimate of drug-likeness (QED) is 0.671. The Kier molecular flexibility index (Phi) is 3.24. The van der Waals surface area contributed by atoms with Gasteiger partial charge in [-0.1, -0.05) is 35.4 Å². The lowest BCUT2D eigenvalue weighted by molar-refractivity contribution is 0.558. The summed E-state index contributed by atoms with van der Waals surface area (Å²) in [7, 11) is 0. The number of rotatable bonds is 1. The highest BCUT2D eigenvalue weighted by Crippen LogP contribution is 2.35. The molecule has 4 rings (SSSR count). The first kappa shape index (κ1) is 13.9. The van der Waals surface area contributed by atoms with E-state index in [-0.39, 0.29) is 6.04 Å². The van der Waals surface area contributed by atoms with Crippen LogP contribution in [0, 0.1) is 13.8 Å². The number of nitrogens with one attached hydrogen (secondary N) is 2. The summed E-state index contributed by atoms with van der Waals surface area (Å²) in [5, 5.41) is 5.73. The molecule has 1 aliphatic rings. The maximum Gasteiger partial charge on any atom is 0.0734 e. The van der Waals surface area contributed by atoms with Crippen molar-refractivity contribution < 1.29 is 0 Å². The molecule has 0 saturated heterocycles. The zero-order valence-corrected chi connectivity index (χ0v) is 13.6. The molecular formula is C19H19ClN2. The van der Waals surface area contributed by atoms with Gasteiger partial charge in [0, 0.05) is 28.2 Å². The highest BCUT2D eigenvalue weighted by molar-refractivity contribution is 6.31. The number of hydrogen-bond acceptors (Lipinski definition) is 1. The number of aryl methyl sites for hydroxylation is 2. The van der Waals surface area contributed by atoms with Gasteiger partial charge in [-0.15, -0.1) is 0 Å². The molecule has 0 amide bonds. The van der Waals surface area contributed by atoms with Crippen molar-refractivity contribution in [2.75, 3.05) is 6.54 Å². The van der Waals surface area contributed by atoms with E-state index in [1.165, 1.54) is 38.9 Å². The fourth-order valence-corrected chi connectivity index (χ4v) is 3.79. The van der Waals surface area contributed by atoms with Gasteiger partial charge in [-0.3, -0.25) is 0 Å². The number of aromatic amines is 1. The molecule has 3 heteroatoms. The number of H-pyrrole nitrogens is 1. The minimum atomic E-state index is 0.232. The van der Waals surface area contributed by atoms with Crippen LogP contribution < -0.4 is 5.32 Å². The van der Waals surface area contributed by atoms with Gasteiger partial charge in [-0.25, -0.2) is 0 Å². The summed E-state index contributed by atoms with van der Waals surface area (Å²) in [5.41, 5.74) is 7.86. The SMILES string of the molecule is Cc1ccc(C2NCCc3c2[nH]c2ccc(Cl)cc32)c(C)c1. The lowest BCUT2D eigenvalue weighted by atomic mass is 9.91. The zero-order valence-electron chi connectivity index (χ0n) is 12.8. The molecule has 112 valence electrons. The predicted octanol–water partition coefficient (Wildman–Crippen LogP) is 4.67. The first-order valence-corrected chi connectivity index (χ1v) is 8.12. The standard InChI is InChI=1S/C19H19ClN2/c1-11-3-5-14(12(2)9-11)18-19-15(7-8-21-18)16-10-13(20)4-6-17(16)22-19/h3-6,9-10,18,21-22H,7-8H2,1-2H3. The van der Waals surface area contributed by atoms with Crippen molar-refractivity contribution in [3.8, 4) is 0 Å². The van der Waals surface area contributed by atoms with Crippen molar-refractivity contribution in [1.82, 2.24) is 10.3 Å². The first-order valence-electron chi connectivity index (χ1n) is 7.74. The maximum absolute atomic E-state index is 6.18. The third-order valence-corrected chi connectivity index (χ3v) is 4.88. The summed E-state index contributed by atoms with van der Waals surface area (Å²) in [6.45, 7) is 5.32. The summed E-state index contributed by atoms with van der Waals surface area (Å²) in [5.74, 6) is 0. The normalized spacial score (nSPS) is 17.7. The fourth-order valence-electron chi connectivity index (χ4n) is 3.62. The average Bonchev–Trinajstić information content (AvgIpc) is 2.85. The second kappa shape index (κ2) is 5.15. The Bertz CT molecular complexity index is 863. The molecule has 1 aromatic heterocycles. The molecule has 2 aromatic carbocycles. The largest absolute Gasteiger partial charge is 0.357 e. The van der Waals surface area contributed by atoms with Crippen molar-refractivity contribution in [3.05, 3.63) is 69.4 Å². The van der Waals surface area contributed by atoms with E-state index in [2.05, 4.69) is 54.5 Å². The number of hydrogen-bond donors (Lipinski definition) is 2. The molecule has 2 heterocycles. The number of fused-ring (bicyclic) bond motifs is 3. The Balaban J connectivity index is 1.90. The van der Waals surface area contributed by atoms with E-state index in [1.54, 1.807) is 0 Å². The molecule has 1 unspecified atom stereocenters. The topological polar surface area (TPSA) is 27.8 Å². The van der Waals surface area contributed by atoms with Crippen LogP contribution in [0.3, 0.4) is 0 Å². The van der Waals surface area contributed by atoms with Gasteiger partial charge in [-0.05, 0) is 55.2 Å². The summed E-state index contributed by atoms with van der Waals surface area (Å²) in [6.07, 6.45) is 1.04. The van der Waals surface area contributed by atoms with E-state index in [0.717, 1.165) is 18.0 Å². The van der Waals surface area contributed by atoms with Gasteiger partial charge >= 0.3 is 0 Å². The minimum Gasteiger partial charge on any atom is -0.357 e. The van der Waals surface area contributed by atoms with Crippen LogP contribution in [0.15, 0.2) is 36.4 Å². The van der Waals surface area contributed by atoms with Gasteiger partial charge in [0.2, 0.25) is 0 Å². The van der Waals surface area contributed by atoms with E-state index in [0.29, 0.717) is 0 Å². The number of benzene rings is 2. The lowest BCUT2D eigenvalue weighted by Crippen LogP contribution is -2.30. The van der Waals surface area contributed by atoms with E-state index in [9.17, 15) is 0 Å². The van der Waals surface area contributed by atoms with Gasteiger partial charge < -0.3 is 10.3 Å². The number of halogens is 1. The smallest absolute Gasteiger partial charge is 0.0734 e. The zero-order chi connectivity index (χ0) is 15.3. The Hall–Kier alpha value is -1.77. The average molecular weight is 311 g/mol. The third kappa shape index (κ3) is 2.15. The molecule has 0 radical (unpaired) electrons. The van der Waals surface area contributed by atoms with Gasteiger partial charge in [-0.2, -0.15) is 0 Å². The fraction of sp³-hybridized carbons (Fsp3) is 0.263. The molecule has 0 saturated carbocycles. The highest BCUT2D eigenvalue weighted by atomic mass is 35.5. The van der Waals surface area contributed by atoms with Crippen LogP contribution in [-0.2, 0) is 6.42 Å². The number of aromatic nitrogens is 1. The van der Waals surface area contributed by atoms with Crippen molar-refractivity contribution >= 4 is 22.5 Å². The first-order chi connectivity index (χ1) is 10.6. The van der Waals surface area contributed by atoms with Gasteiger partial charge in [0.05, 0.1) is 6.04 Å². The summed E-state index contributed by atoms with van der Waals surface area (Å²) in [4.78, 5) is 3.61. The molecular weight excluding hydrogens is 292 g/mol. The second-order valence-electron chi connectivity index (χ2n) is 6.20. The second-order valence-corrected chi connectivity index (χ2v) is 6.64. The van der Waals surface area contributed by atoms with Crippen LogP contribution in [0.1, 0.15) is 34.0 Å². The highest BCUT2D eigenvalue weighted by Gasteiger charge is 2.26. The van der Waals surface area contributed by atoms with Gasteiger partial charge in [0.15, 0.2) is 0 Å². The van der Waals surface area contributed by atoms with Gasteiger partial charge in [0.25, 0.3) is 0 Å². The maximum atomic E-state index is 6.18. The van der Waals surface area contributed by atoms with Crippen LogP contribution in [0.5, 0.6) is 0 Å². The molecule has 1 atom stereocenters. The van der Waals surface area contributed by atoms with Crippen molar-refractivity contribution in [2.45, 2.75) is 26.3 Å². The minimum absolute atomic E-state index is 0.232. The van der Waals surface area contributed by atoms with Gasteiger partial charge in [0.1, 0.15) is 0 Å². The molecule has 2 N–H and O–H groups in total. The Labute approximate surface area is 135 Å². The van der Waals surface area contributed by atoms with Crippen molar-refractivity contribution in [2.24, 2.45) is 0 Å². The monoisotopic (exact) mass is 310 g/mol. The molecule has 0 fully saturated rings. The summed E-state index contributed by atoms with van der Waals surface area (Å²) in [6, 6.07) is 13.0. The molecule has 1 aliphatic heterocycles. The Morgan fingerprint density at radius 3 is 2.77 bits per heavy atom. The van der Waals surface area contributed by atoms with E-state index in [1.807, 2.05) is 6.07 Å². The van der Waals surface area contributed by atoms with E-state index in [4.69, 9.17) is 11.6 Å². The van der Waals surface area contributed by atoms with Crippen LogP contribution >= 0.6 is 11.6 Å². The van der Waals surface area contributed by atoms with Crippen LogP contribution in [0.25, 0.3) is 10.9 Å². The van der Waals surface area contributed by atoms with Crippen molar-refractivity contribution in [3.63, 3.8) is 0 Å². The predicted molar refractivity (Wildman–Crippen MR) is 92.8 cm³/mol. The Morgan fingerprint density at radius 1 is 1.09 bits per heavy atom. The molecule has 2 nitrogen and oxygen atoms in total. The van der Waals surface area contributed by atoms with E-state index < -0.39 is 0 Å². The third-order valence-electron chi connectivity index (χ3n) is 4.65. The summed E-state index contributed by atoms with van der Waals surface area (Å²) >= 11 is 6.18. The van der Waals surface area contributed by atoms with Crippen LogP contribution in [0.4, 0.5) is 0 Å². The molecule has 0 bridgehead atoms. The summed E-state index contributed by atoms with van der Waals surface area (Å²) < 4.78 is 0. The lowest BCUT2D eigenvalue weighted by Gasteiger charge is -2.26. The van der Waals surface area contributed by atoms with E-state index >= 15 is 0 Å². The Morgan fingerprint density at radius 2 is 1.95 bits per heavy atom. The molecule has 0 aliphatic carbocycles. The molecule has 3 aromatic rings. The van der Waals surface area contributed by atoms with Crippen molar-refractivity contribution in [1.29, 1.82) is 0 Å². The van der Waals surface area contributed by atoms with Crippen LogP contribution in [0.2, 0.25) is 5.02 Å². The molecule has 22 heavy (non-hydrogen) atoms.